The minimum atomic E-state index is -0.435. The molecule has 128 valence electrons. The summed E-state index contributed by atoms with van der Waals surface area (Å²) in [6.07, 6.45) is 3.22. The summed E-state index contributed by atoms with van der Waals surface area (Å²) >= 11 is 0. The summed E-state index contributed by atoms with van der Waals surface area (Å²) in [7, 11) is 1.95. The number of aliphatic hydroxyl groups is 1. The minimum Gasteiger partial charge on any atom is -0.391 e. The van der Waals surface area contributed by atoms with Crippen LogP contribution >= 0.6 is 0 Å². The number of nitrogens with one attached hydrogen (secondary N) is 2. The summed E-state index contributed by atoms with van der Waals surface area (Å²) in [5, 5.41) is 15.5. The molecule has 2 amide bonds. The maximum absolute atomic E-state index is 12.8. The third-order valence-corrected chi connectivity index (χ3v) is 4.19. The molecule has 0 saturated heterocycles. The number of amides is 2. The fourth-order valence-corrected chi connectivity index (χ4v) is 2.84. The molecular weight excluding hydrogens is 297 g/mol. The number of carbonyl (C=O) groups is 1. The van der Waals surface area contributed by atoms with Crippen LogP contribution in [0.1, 0.15) is 31.2 Å². The summed E-state index contributed by atoms with van der Waals surface area (Å²) in [6, 6.07) is 6.05. The monoisotopic (exact) mass is 323 g/mol. The Bertz CT molecular complexity index is 495. The molecule has 6 heteroatoms. The Balaban J connectivity index is 1.63. The van der Waals surface area contributed by atoms with E-state index < -0.39 is 6.10 Å². The molecule has 5 nitrogen and oxygen atoms in total. The van der Waals surface area contributed by atoms with Crippen molar-refractivity contribution in [3.05, 3.63) is 35.6 Å². The molecule has 0 aliphatic heterocycles. The smallest absolute Gasteiger partial charge is 0.315 e. The number of aliphatic hydroxyl groups excluding tert-OH is 1. The van der Waals surface area contributed by atoms with Crippen molar-refractivity contribution in [2.75, 3.05) is 20.1 Å². The highest BCUT2D eigenvalue weighted by molar-refractivity contribution is 5.74. The van der Waals surface area contributed by atoms with Crippen molar-refractivity contribution in [1.82, 2.24) is 15.5 Å². The van der Waals surface area contributed by atoms with E-state index in [-0.39, 0.29) is 17.9 Å². The molecule has 0 spiro atoms. The van der Waals surface area contributed by atoms with E-state index in [0.29, 0.717) is 19.6 Å². The Kier molecular flexibility index (Phi) is 6.80. The Morgan fingerprint density at radius 1 is 1.30 bits per heavy atom. The molecule has 0 aromatic heterocycles. The van der Waals surface area contributed by atoms with Crippen molar-refractivity contribution >= 4 is 6.03 Å². The second-order valence-electron chi connectivity index (χ2n) is 6.22. The van der Waals surface area contributed by atoms with Crippen molar-refractivity contribution < 1.29 is 14.3 Å². The van der Waals surface area contributed by atoms with Gasteiger partial charge in [0.1, 0.15) is 5.82 Å². The highest BCUT2D eigenvalue weighted by atomic mass is 19.1. The quantitative estimate of drug-likeness (QED) is 0.749. The van der Waals surface area contributed by atoms with Gasteiger partial charge in [-0.25, -0.2) is 9.18 Å². The van der Waals surface area contributed by atoms with E-state index in [1.54, 1.807) is 12.1 Å². The molecule has 0 bridgehead atoms. The number of hydrogen-bond acceptors (Lipinski definition) is 3. The standard InChI is InChI=1S/C17H26FN3O2/c1-21(12-13-6-8-14(18)9-7-13)11-10-19-17(23)20-15-4-2-3-5-16(15)22/h6-9,15-16,22H,2-5,10-12H2,1H3,(H2,19,20,23)/t15-,16-/m0/s1. The van der Waals surface area contributed by atoms with E-state index in [0.717, 1.165) is 31.2 Å². The third kappa shape index (κ3) is 6.15. The Labute approximate surface area is 136 Å². The first kappa shape index (κ1) is 17.7. The summed E-state index contributed by atoms with van der Waals surface area (Å²) < 4.78 is 12.8. The van der Waals surface area contributed by atoms with Gasteiger partial charge in [0, 0.05) is 19.6 Å². The van der Waals surface area contributed by atoms with Gasteiger partial charge in [0.25, 0.3) is 0 Å². The van der Waals surface area contributed by atoms with Crippen LogP contribution in [0.25, 0.3) is 0 Å². The van der Waals surface area contributed by atoms with Gasteiger partial charge in [-0.05, 0) is 37.6 Å². The van der Waals surface area contributed by atoms with E-state index in [2.05, 4.69) is 15.5 Å². The molecule has 2 rings (SSSR count). The van der Waals surface area contributed by atoms with E-state index >= 15 is 0 Å². The van der Waals surface area contributed by atoms with Crippen LogP contribution in [0.5, 0.6) is 0 Å². The van der Waals surface area contributed by atoms with Crippen molar-refractivity contribution in [1.29, 1.82) is 0 Å². The molecule has 1 aromatic rings. The zero-order chi connectivity index (χ0) is 16.7. The number of likely N-dealkylation sites (N-methyl/N-ethyl adjacent to an activating group) is 1. The molecule has 1 saturated carbocycles. The van der Waals surface area contributed by atoms with Gasteiger partial charge in [-0.2, -0.15) is 0 Å². The summed E-state index contributed by atoms with van der Waals surface area (Å²) in [6.45, 7) is 1.91. The van der Waals surface area contributed by atoms with Crippen molar-refractivity contribution in [2.24, 2.45) is 0 Å². The van der Waals surface area contributed by atoms with Gasteiger partial charge in [0.05, 0.1) is 12.1 Å². The molecule has 0 unspecified atom stereocenters. The maximum atomic E-state index is 12.8. The lowest BCUT2D eigenvalue weighted by Crippen LogP contribution is -2.49. The van der Waals surface area contributed by atoms with Gasteiger partial charge in [-0.15, -0.1) is 0 Å². The lowest BCUT2D eigenvalue weighted by molar-refractivity contribution is 0.0943. The van der Waals surface area contributed by atoms with Crippen LogP contribution in [0.15, 0.2) is 24.3 Å². The summed E-state index contributed by atoms with van der Waals surface area (Å²) in [5.41, 5.74) is 1.03. The number of rotatable bonds is 6. The van der Waals surface area contributed by atoms with Gasteiger partial charge in [0.15, 0.2) is 0 Å². The number of urea groups is 1. The van der Waals surface area contributed by atoms with Gasteiger partial charge in [-0.1, -0.05) is 25.0 Å². The fourth-order valence-electron chi connectivity index (χ4n) is 2.84. The number of halogens is 1. The fraction of sp³-hybridized carbons (Fsp3) is 0.588. The van der Waals surface area contributed by atoms with Crippen LogP contribution in [-0.4, -0.2) is 48.3 Å². The average Bonchev–Trinajstić information content (AvgIpc) is 2.52. The van der Waals surface area contributed by atoms with Crippen LogP contribution in [0, 0.1) is 5.82 Å². The number of carbonyl (C=O) groups excluding carboxylic acids is 1. The molecular formula is C17H26FN3O2. The Morgan fingerprint density at radius 3 is 2.70 bits per heavy atom. The largest absolute Gasteiger partial charge is 0.391 e. The lowest BCUT2D eigenvalue weighted by Gasteiger charge is -2.28. The van der Waals surface area contributed by atoms with Gasteiger partial charge in [0.2, 0.25) is 0 Å². The highest BCUT2D eigenvalue weighted by Gasteiger charge is 2.24. The highest BCUT2D eigenvalue weighted by Crippen LogP contribution is 2.18. The number of nitrogens with zero attached hydrogens (tertiary/aromatic N) is 1. The summed E-state index contributed by atoms with van der Waals surface area (Å²) in [5.74, 6) is -0.236. The van der Waals surface area contributed by atoms with Gasteiger partial charge in [-0.3, -0.25) is 0 Å². The van der Waals surface area contributed by atoms with Crippen LogP contribution in [0.4, 0.5) is 9.18 Å². The zero-order valence-corrected chi connectivity index (χ0v) is 13.6. The van der Waals surface area contributed by atoms with Crippen molar-refractivity contribution in [3.63, 3.8) is 0 Å². The van der Waals surface area contributed by atoms with E-state index in [4.69, 9.17) is 0 Å². The first-order valence-corrected chi connectivity index (χ1v) is 8.20. The molecule has 1 aliphatic carbocycles. The van der Waals surface area contributed by atoms with Crippen LogP contribution in [-0.2, 0) is 6.54 Å². The average molecular weight is 323 g/mol. The molecule has 23 heavy (non-hydrogen) atoms. The van der Waals surface area contributed by atoms with Crippen LogP contribution in [0.2, 0.25) is 0 Å². The first-order chi connectivity index (χ1) is 11.0. The summed E-state index contributed by atoms with van der Waals surface area (Å²) in [4.78, 5) is 13.9. The predicted molar refractivity (Wildman–Crippen MR) is 87.5 cm³/mol. The molecule has 0 heterocycles. The molecule has 1 fully saturated rings. The molecule has 0 radical (unpaired) electrons. The van der Waals surface area contributed by atoms with Crippen molar-refractivity contribution in [2.45, 2.75) is 44.4 Å². The van der Waals surface area contributed by atoms with Crippen LogP contribution < -0.4 is 10.6 Å². The van der Waals surface area contributed by atoms with Crippen LogP contribution in [0.3, 0.4) is 0 Å². The van der Waals surface area contributed by atoms with Gasteiger partial charge >= 0.3 is 6.03 Å². The second kappa shape index (κ2) is 8.84. The molecule has 2 atom stereocenters. The number of hydrogen-bond donors (Lipinski definition) is 3. The van der Waals surface area contributed by atoms with Crippen molar-refractivity contribution in [3.8, 4) is 0 Å². The SMILES string of the molecule is CN(CCNC(=O)N[C@H]1CCCC[C@@H]1O)Cc1ccc(F)cc1. The molecule has 3 N–H and O–H groups in total. The number of benzene rings is 1. The molecule has 1 aliphatic rings. The van der Waals surface area contributed by atoms with E-state index in [1.807, 2.05) is 7.05 Å². The lowest BCUT2D eigenvalue weighted by atomic mass is 9.93. The first-order valence-electron chi connectivity index (χ1n) is 8.20. The zero-order valence-electron chi connectivity index (χ0n) is 13.6. The topological polar surface area (TPSA) is 64.6 Å². The molecule has 1 aromatic carbocycles. The maximum Gasteiger partial charge on any atom is 0.315 e. The van der Waals surface area contributed by atoms with E-state index in [1.165, 1.54) is 12.1 Å². The predicted octanol–water partition coefficient (Wildman–Crippen LogP) is 1.86. The van der Waals surface area contributed by atoms with E-state index in [9.17, 15) is 14.3 Å². The van der Waals surface area contributed by atoms with Gasteiger partial charge < -0.3 is 20.6 Å². The minimum absolute atomic E-state index is 0.138. The normalized spacial score (nSPS) is 21.2. The third-order valence-electron chi connectivity index (χ3n) is 4.19. The Morgan fingerprint density at radius 2 is 2.00 bits per heavy atom. The second-order valence-corrected chi connectivity index (χ2v) is 6.22. The Hall–Kier alpha value is -1.66.